The average Bonchev–Trinajstić information content (AvgIpc) is 3.46. The van der Waals surface area contributed by atoms with Gasteiger partial charge in [-0.15, -0.1) is 0 Å². The van der Waals surface area contributed by atoms with Gasteiger partial charge in [0, 0.05) is 11.3 Å². The van der Waals surface area contributed by atoms with Gasteiger partial charge in [-0.3, -0.25) is 5.43 Å². The average molecular weight is 460 g/mol. The minimum atomic E-state index is 0.262. The third-order valence-corrected chi connectivity index (χ3v) is 5.43. The van der Waals surface area contributed by atoms with E-state index in [1.807, 2.05) is 62.4 Å². The fourth-order valence-electron chi connectivity index (χ4n) is 3.20. The highest BCUT2D eigenvalue weighted by molar-refractivity contribution is 6.33. The van der Waals surface area contributed by atoms with Crippen molar-refractivity contribution in [3.8, 4) is 11.3 Å². The third kappa shape index (κ3) is 4.26. The van der Waals surface area contributed by atoms with E-state index in [2.05, 4.69) is 36.1 Å². The van der Waals surface area contributed by atoms with Crippen molar-refractivity contribution < 1.29 is 9.05 Å². The quantitative estimate of drug-likeness (QED) is 0.244. The van der Waals surface area contributed by atoms with Crippen molar-refractivity contribution in [1.82, 2.24) is 20.3 Å². The molecule has 0 fully saturated rings. The molecule has 0 radical (unpaired) electrons. The number of nitrogens with one attached hydrogen (secondary N) is 2. The molecule has 164 valence electrons. The number of aromatic nitrogens is 4. The maximum Gasteiger partial charge on any atom is 0.245 e. The van der Waals surface area contributed by atoms with Crippen molar-refractivity contribution in [3.05, 3.63) is 76.5 Å². The maximum atomic E-state index is 6.25. The minimum absolute atomic E-state index is 0.262. The Bertz CT molecular complexity index is 1470. The normalized spacial score (nSPS) is 11.4. The van der Waals surface area contributed by atoms with Crippen LogP contribution in [-0.4, -0.2) is 26.5 Å². The highest BCUT2D eigenvalue weighted by Crippen LogP contribution is 2.29. The summed E-state index contributed by atoms with van der Waals surface area (Å²) in [7, 11) is 0. The molecule has 0 spiro atoms. The molecule has 0 saturated heterocycles. The van der Waals surface area contributed by atoms with Crippen LogP contribution in [0.5, 0.6) is 0 Å². The van der Waals surface area contributed by atoms with Crippen LogP contribution in [0.1, 0.15) is 16.9 Å². The molecule has 0 aliphatic heterocycles. The summed E-state index contributed by atoms with van der Waals surface area (Å²) in [5.41, 5.74) is 7.38. The first-order valence-electron chi connectivity index (χ1n) is 10.1. The molecule has 3 aromatic heterocycles. The van der Waals surface area contributed by atoms with Gasteiger partial charge in [0.05, 0.1) is 11.2 Å². The fraction of sp³-hybridized carbons (Fsp3) is 0.0870. The Kier molecular flexibility index (Phi) is 5.45. The van der Waals surface area contributed by atoms with Crippen LogP contribution in [-0.2, 0) is 0 Å². The maximum absolute atomic E-state index is 6.25. The van der Waals surface area contributed by atoms with Crippen LogP contribution in [0, 0.1) is 13.8 Å². The first-order valence-corrected chi connectivity index (χ1v) is 10.4. The number of anilines is 3. The summed E-state index contributed by atoms with van der Waals surface area (Å²) >= 11 is 6.25. The number of furan rings is 1. The van der Waals surface area contributed by atoms with Crippen LogP contribution in [0.2, 0.25) is 5.02 Å². The topological polar surface area (TPSA) is 114 Å². The second-order valence-electron chi connectivity index (χ2n) is 7.26. The molecule has 0 saturated carbocycles. The van der Waals surface area contributed by atoms with Gasteiger partial charge in [0.15, 0.2) is 11.6 Å². The van der Waals surface area contributed by atoms with Gasteiger partial charge in [-0.2, -0.15) is 10.1 Å². The lowest BCUT2D eigenvalue weighted by Gasteiger charge is -2.12. The standard InChI is InChI=1S/C23H18ClN7O2/c1-13-6-5-9-18(14(13)2)26-20-21(28-23-22(27-20)30-33-31-23)29-25-12-15-10-11-19(32-15)16-7-3-4-8-17(16)24/h3-12H,1-2H3,(H,26,27,30)(H,28,29,31)/b25-12+. The van der Waals surface area contributed by atoms with E-state index in [9.17, 15) is 0 Å². The Morgan fingerprint density at radius 1 is 0.909 bits per heavy atom. The molecule has 3 heterocycles. The Balaban J connectivity index is 1.41. The Hall–Kier alpha value is -4.24. The van der Waals surface area contributed by atoms with Crippen molar-refractivity contribution >= 4 is 46.4 Å². The number of benzene rings is 2. The molecule has 0 amide bonds. The highest BCUT2D eigenvalue weighted by atomic mass is 35.5. The Morgan fingerprint density at radius 2 is 1.70 bits per heavy atom. The van der Waals surface area contributed by atoms with E-state index in [0.29, 0.717) is 28.2 Å². The van der Waals surface area contributed by atoms with Crippen molar-refractivity contribution in [2.24, 2.45) is 5.10 Å². The molecule has 2 N–H and O–H groups in total. The summed E-state index contributed by atoms with van der Waals surface area (Å²) in [6.07, 6.45) is 1.54. The van der Waals surface area contributed by atoms with E-state index in [1.165, 1.54) is 6.21 Å². The molecule has 0 atom stereocenters. The minimum Gasteiger partial charge on any atom is -0.455 e. The smallest absolute Gasteiger partial charge is 0.245 e. The number of hydrogen-bond donors (Lipinski definition) is 2. The van der Waals surface area contributed by atoms with Crippen molar-refractivity contribution in [2.45, 2.75) is 13.8 Å². The number of aryl methyl sites for hydroxylation is 1. The molecule has 0 unspecified atom stereocenters. The third-order valence-electron chi connectivity index (χ3n) is 5.10. The first kappa shape index (κ1) is 20.7. The van der Waals surface area contributed by atoms with Crippen LogP contribution in [0.25, 0.3) is 22.6 Å². The first-order chi connectivity index (χ1) is 16.1. The van der Waals surface area contributed by atoms with Gasteiger partial charge in [-0.1, -0.05) is 35.9 Å². The molecule has 2 aromatic carbocycles. The predicted octanol–water partition coefficient (Wildman–Crippen LogP) is 5.73. The molecule has 0 aliphatic carbocycles. The molecular formula is C23H18ClN7O2. The summed E-state index contributed by atoms with van der Waals surface area (Å²) in [4.78, 5) is 8.88. The van der Waals surface area contributed by atoms with E-state index < -0.39 is 0 Å². The monoisotopic (exact) mass is 459 g/mol. The summed E-state index contributed by atoms with van der Waals surface area (Å²) in [6, 6.07) is 17.1. The molecule has 0 bridgehead atoms. The lowest BCUT2D eigenvalue weighted by molar-refractivity contribution is 0.314. The predicted molar refractivity (Wildman–Crippen MR) is 127 cm³/mol. The number of hydrogen-bond acceptors (Lipinski definition) is 9. The van der Waals surface area contributed by atoms with Gasteiger partial charge in [-0.05, 0) is 65.6 Å². The Morgan fingerprint density at radius 3 is 2.52 bits per heavy atom. The van der Waals surface area contributed by atoms with Crippen LogP contribution >= 0.6 is 11.6 Å². The zero-order valence-corrected chi connectivity index (χ0v) is 18.5. The van der Waals surface area contributed by atoms with E-state index in [-0.39, 0.29) is 11.3 Å². The van der Waals surface area contributed by atoms with Crippen LogP contribution in [0.15, 0.2) is 68.7 Å². The van der Waals surface area contributed by atoms with Gasteiger partial charge < -0.3 is 9.73 Å². The van der Waals surface area contributed by atoms with E-state index >= 15 is 0 Å². The SMILES string of the molecule is Cc1cccc(Nc2nc3nonc3nc2N/N=C/c2ccc(-c3ccccc3Cl)o2)c1C. The van der Waals surface area contributed by atoms with Gasteiger partial charge in [0.1, 0.15) is 11.5 Å². The molecular weight excluding hydrogens is 442 g/mol. The Labute approximate surface area is 193 Å². The second-order valence-corrected chi connectivity index (χ2v) is 7.66. The summed E-state index contributed by atoms with van der Waals surface area (Å²) in [6.45, 7) is 4.07. The summed E-state index contributed by atoms with van der Waals surface area (Å²) in [5, 5.41) is 15.7. The molecule has 0 aliphatic rings. The van der Waals surface area contributed by atoms with E-state index in [1.54, 1.807) is 6.07 Å². The van der Waals surface area contributed by atoms with Crippen molar-refractivity contribution in [3.63, 3.8) is 0 Å². The molecule has 5 rings (SSSR count). The highest BCUT2D eigenvalue weighted by Gasteiger charge is 2.14. The number of nitrogens with zero attached hydrogens (tertiary/aromatic N) is 5. The van der Waals surface area contributed by atoms with Crippen LogP contribution < -0.4 is 10.7 Å². The number of rotatable bonds is 6. The summed E-state index contributed by atoms with van der Waals surface area (Å²) < 4.78 is 10.6. The lowest BCUT2D eigenvalue weighted by atomic mass is 10.1. The summed E-state index contributed by atoms with van der Waals surface area (Å²) in [5.74, 6) is 1.97. The number of hydrazone groups is 1. The van der Waals surface area contributed by atoms with Gasteiger partial charge in [0.25, 0.3) is 0 Å². The van der Waals surface area contributed by atoms with Gasteiger partial charge in [-0.25, -0.2) is 9.61 Å². The largest absolute Gasteiger partial charge is 0.455 e. The zero-order valence-electron chi connectivity index (χ0n) is 17.7. The van der Waals surface area contributed by atoms with Gasteiger partial charge in [0.2, 0.25) is 11.3 Å². The van der Waals surface area contributed by atoms with Crippen LogP contribution in [0.4, 0.5) is 17.3 Å². The van der Waals surface area contributed by atoms with E-state index in [0.717, 1.165) is 22.4 Å². The number of fused-ring (bicyclic) bond motifs is 1. The van der Waals surface area contributed by atoms with Crippen molar-refractivity contribution in [2.75, 3.05) is 10.7 Å². The molecule has 10 heteroatoms. The van der Waals surface area contributed by atoms with E-state index in [4.69, 9.17) is 20.6 Å². The number of halogens is 1. The lowest BCUT2D eigenvalue weighted by Crippen LogP contribution is -2.04. The van der Waals surface area contributed by atoms with Crippen LogP contribution in [0.3, 0.4) is 0 Å². The molecule has 9 nitrogen and oxygen atoms in total. The molecule has 5 aromatic rings. The zero-order chi connectivity index (χ0) is 22.8. The van der Waals surface area contributed by atoms with Gasteiger partial charge >= 0.3 is 0 Å². The van der Waals surface area contributed by atoms with Crippen molar-refractivity contribution in [1.29, 1.82) is 0 Å². The molecule has 33 heavy (non-hydrogen) atoms. The second kappa shape index (κ2) is 8.71. The fourth-order valence-corrected chi connectivity index (χ4v) is 3.43.